The fraction of sp³-hybridized carbons (Fsp3) is 0.500. The highest BCUT2D eigenvalue weighted by Crippen LogP contribution is 2.54. The molecule has 0 aliphatic carbocycles. The lowest BCUT2D eigenvalue weighted by atomic mass is 9.89. The minimum Gasteiger partial charge on any atom is -0.444 e. The standard InChI is InChI=1S/C50H63N15O21P2/c1-24(2)34(59-31(67)8-4-3-5-16-63-32(68)13-14-33(63)69)28(66)17-26(7-6-15-53-49(52)74)44(72)58-27-11-9-25(10-12-27)18-80-50(75)60-41-35-42(55-21-54-41)64(22-56-35)47-40-37(70)29(83-47)19-81-87(76,77)85-39-30(20-82-88(78,79)86-40)84-46(38(39)71)65-23-57-36-43(65)61-48(51)62-45(36)73/h9-14,21-24,26,29-30,34,37-40,46-47,70-71H,3-8,15-20H2,1-2H3,(H,58,72)(H,59,67)(H,76,77)(H,78,79)(H3,52,53,74)(H3,51,61,62,73)(H,54,55,60,75)/t26-,29-,30-,34+,37+,38+,39?,40?,46-,47-/m1/s1. The van der Waals surface area contributed by atoms with Crippen molar-refractivity contribution in [1.29, 1.82) is 0 Å². The molecule has 13 N–H and O–H groups in total. The van der Waals surface area contributed by atoms with Crippen molar-refractivity contribution in [3.05, 3.63) is 71.3 Å². The molecular weight excluding hydrogens is 1210 g/mol. The summed E-state index contributed by atoms with van der Waals surface area (Å²) in [6, 6.07) is 4.50. The summed E-state index contributed by atoms with van der Waals surface area (Å²) in [5.74, 6) is -3.80. The molecule has 7 amide bonds. The third kappa shape index (κ3) is 15.5. The van der Waals surface area contributed by atoms with E-state index in [0.717, 1.165) is 33.0 Å². The number of aliphatic hydroxyl groups is 2. The van der Waals surface area contributed by atoms with Gasteiger partial charge in [0.1, 0.15) is 49.6 Å². The Bertz CT molecular complexity index is 3620. The van der Waals surface area contributed by atoms with Crippen LogP contribution >= 0.6 is 15.6 Å². The van der Waals surface area contributed by atoms with Gasteiger partial charge in [0.25, 0.3) is 17.4 Å². The molecule has 88 heavy (non-hydrogen) atoms. The summed E-state index contributed by atoms with van der Waals surface area (Å²) in [5.41, 5.74) is 10.4. The second kappa shape index (κ2) is 27.6. The first-order chi connectivity index (χ1) is 41.8. The first-order valence-electron chi connectivity index (χ1n) is 27.5. The van der Waals surface area contributed by atoms with E-state index < -0.39 is 113 Å². The number of primary amides is 1. The molecule has 12 atom stereocenters. The van der Waals surface area contributed by atoms with Crippen molar-refractivity contribution < 1.29 is 95.0 Å². The zero-order valence-corrected chi connectivity index (χ0v) is 48.7. The number of unbranched alkanes of at least 4 members (excludes halogenated alkanes) is 2. The van der Waals surface area contributed by atoms with Gasteiger partial charge in [0.15, 0.2) is 46.4 Å². The molecule has 4 unspecified atom stereocenters. The maximum absolute atomic E-state index is 13.8. The number of fused-ring (bicyclic) bond motifs is 5. The number of phosphoric ester groups is 2. The smallest absolute Gasteiger partial charge is 0.444 e. The fourth-order valence-corrected chi connectivity index (χ4v) is 12.0. The third-order valence-corrected chi connectivity index (χ3v) is 16.4. The molecule has 4 aliphatic rings. The number of carbonyl (C=O) groups is 7. The van der Waals surface area contributed by atoms with Crippen molar-refractivity contribution in [2.45, 2.75) is 121 Å². The Kier molecular flexibility index (Phi) is 20.2. The Morgan fingerprint density at radius 1 is 0.807 bits per heavy atom. The SMILES string of the molecule is CC(C)[C@H](NC(=O)CCCCCN1C(=O)C=CC1=O)C(=O)C[C@@H](CCCNC(N)=O)C(=O)Nc1ccc(COC(=O)Nc2ncnc3c2ncn3[C@@H]2O[C@@H]3COP(=O)(O)OC4[C@@H](COP(=O)(O)OC2[C@H]3O)O[C@@H](n2cnc3c(=O)[nH]c(N)nc32)[C@H]4O)cc1. The number of ether oxygens (including phenoxy) is 3. The van der Waals surface area contributed by atoms with E-state index in [-0.39, 0.29) is 109 Å². The zero-order valence-electron chi connectivity index (χ0n) is 46.9. The van der Waals surface area contributed by atoms with Crippen LogP contribution in [0.4, 0.5) is 27.0 Å². The minimum absolute atomic E-state index is 0.0869. The number of anilines is 3. The number of imidazole rings is 2. The van der Waals surface area contributed by atoms with Crippen LogP contribution in [0.3, 0.4) is 0 Å². The van der Waals surface area contributed by atoms with E-state index >= 15 is 0 Å². The molecule has 0 radical (unpaired) electrons. The van der Waals surface area contributed by atoms with Crippen LogP contribution in [0.5, 0.6) is 0 Å². The minimum atomic E-state index is -5.30. The quantitative estimate of drug-likeness (QED) is 0.0254. The average Bonchev–Trinajstić information content (AvgIpc) is 1.69. The van der Waals surface area contributed by atoms with Gasteiger partial charge in [-0.1, -0.05) is 32.4 Å². The number of nitrogens with zero attached hydrogens (tertiary/aromatic N) is 8. The molecule has 4 aromatic heterocycles. The lowest BCUT2D eigenvalue weighted by molar-refractivity contribution is -0.137. The van der Waals surface area contributed by atoms with Gasteiger partial charge < -0.3 is 61.6 Å². The number of phosphoric acid groups is 2. The molecule has 8 heterocycles. The largest absolute Gasteiger partial charge is 0.472 e. The number of nitrogens with two attached hydrogens (primary N) is 2. The van der Waals surface area contributed by atoms with Crippen LogP contribution in [0.15, 0.2) is 60.2 Å². The molecule has 38 heteroatoms. The predicted octanol–water partition coefficient (Wildman–Crippen LogP) is 0.414. The third-order valence-electron chi connectivity index (χ3n) is 14.5. The van der Waals surface area contributed by atoms with Gasteiger partial charge in [-0.25, -0.2) is 38.7 Å². The van der Waals surface area contributed by atoms with Crippen molar-refractivity contribution in [2.75, 3.05) is 42.7 Å². The highest BCUT2D eigenvalue weighted by atomic mass is 31.2. The van der Waals surface area contributed by atoms with Gasteiger partial charge in [0.2, 0.25) is 17.8 Å². The lowest BCUT2D eigenvalue weighted by Crippen LogP contribution is -2.45. The molecule has 4 aliphatic heterocycles. The van der Waals surface area contributed by atoms with E-state index in [1.54, 1.807) is 26.0 Å². The number of H-pyrrole nitrogens is 1. The molecular formula is C50H63N15O21P2. The van der Waals surface area contributed by atoms with Crippen LogP contribution in [0, 0.1) is 11.8 Å². The molecule has 474 valence electrons. The van der Waals surface area contributed by atoms with Gasteiger partial charge in [-0.3, -0.25) is 71.2 Å². The number of Topliss-reactive ketones (excluding diaryl/α,β-unsaturated/α-hetero) is 1. The Morgan fingerprint density at radius 3 is 2.16 bits per heavy atom. The zero-order chi connectivity index (χ0) is 63.2. The number of aliphatic hydroxyl groups excluding tert-OH is 2. The number of nitrogens with one attached hydrogen (secondary N) is 5. The number of rotatable bonds is 22. The van der Waals surface area contributed by atoms with Gasteiger partial charge in [-0.2, -0.15) is 4.98 Å². The van der Waals surface area contributed by atoms with Gasteiger partial charge in [-0.15, -0.1) is 0 Å². The van der Waals surface area contributed by atoms with E-state index in [1.165, 1.54) is 24.3 Å². The van der Waals surface area contributed by atoms with Crippen molar-refractivity contribution in [3.8, 4) is 0 Å². The van der Waals surface area contributed by atoms with Crippen LogP contribution < -0.4 is 38.3 Å². The number of benzene rings is 1. The lowest BCUT2D eigenvalue weighted by Gasteiger charge is -2.25. The number of hydrogen-bond donors (Lipinski definition) is 11. The normalized spacial score (nSPS) is 26.2. The van der Waals surface area contributed by atoms with E-state index in [1.807, 2.05) is 0 Å². The van der Waals surface area contributed by atoms with E-state index in [0.29, 0.717) is 30.5 Å². The summed E-state index contributed by atoms with van der Waals surface area (Å²) in [6.45, 7) is 1.69. The summed E-state index contributed by atoms with van der Waals surface area (Å²) >= 11 is 0. The number of hydrogen-bond acceptors (Lipinski definition) is 25. The Balaban J connectivity index is 0.797. The van der Waals surface area contributed by atoms with Crippen molar-refractivity contribution in [3.63, 3.8) is 0 Å². The summed E-state index contributed by atoms with van der Waals surface area (Å²) in [4.78, 5) is 147. The maximum atomic E-state index is 13.8. The highest BCUT2D eigenvalue weighted by Gasteiger charge is 2.54. The number of imide groups is 1. The Labute approximate surface area is 497 Å². The van der Waals surface area contributed by atoms with E-state index in [2.05, 4.69) is 51.2 Å². The van der Waals surface area contributed by atoms with Crippen LogP contribution in [0.1, 0.15) is 76.8 Å². The second-order valence-electron chi connectivity index (χ2n) is 21.1. The van der Waals surface area contributed by atoms with Gasteiger partial charge in [0, 0.05) is 49.7 Å². The van der Waals surface area contributed by atoms with Crippen LogP contribution in [-0.2, 0) is 72.0 Å². The van der Waals surface area contributed by atoms with E-state index in [4.69, 9.17) is 43.8 Å². The Morgan fingerprint density at radius 2 is 1.47 bits per heavy atom. The fourth-order valence-electron chi connectivity index (χ4n) is 10.1. The average molecular weight is 1270 g/mol. The van der Waals surface area contributed by atoms with Crippen LogP contribution in [-0.4, -0.2) is 174 Å². The van der Waals surface area contributed by atoms with Gasteiger partial charge >= 0.3 is 27.8 Å². The topological polar surface area (TPSA) is 510 Å². The van der Waals surface area contributed by atoms with Gasteiger partial charge in [-0.05, 0) is 49.3 Å². The summed E-state index contributed by atoms with van der Waals surface area (Å²) < 4.78 is 67.9. The van der Waals surface area contributed by atoms with Crippen molar-refractivity contribution >= 4 is 97.0 Å². The number of urea groups is 1. The summed E-state index contributed by atoms with van der Waals surface area (Å²) in [7, 11) is -10.5. The Hall–Kier alpha value is -7.99. The van der Waals surface area contributed by atoms with E-state index in [9.17, 15) is 67.5 Å². The molecule has 3 fully saturated rings. The molecule has 0 spiro atoms. The monoisotopic (exact) mass is 1270 g/mol. The highest BCUT2D eigenvalue weighted by molar-refractivity contribution is 7.47. The molecule has 3 saturated heterocycles. The number of ketones is 1. The molecule has 9 rings (SSSR count). The predicted molar refractivity (Wildman–Crippen MR) is 299 cm³/mol. The number of amides is 7. The molecule has 36 nitrogen and oxygen atoms in total. The molecule has 0 saturated carbocycles. The van der Waals surface area contributed by atoms with Crippen molar-refractivity contribution in [1.82, 2.24) is 54.6 Å². The number of carbonyl (C=O) groups excluding carboxylic acids is 7. The number of nitrogen functional groups attached to an aromatic ring is 1. The summed E-state index contributed by atoms with van der Waals surface area (Å²) in [6.07, 6.45) is -7.44. The summed E-state index contributed by atoms with van der Waals surface area (Å²) in [5, 5.41) is 33.3. The molecule has 5 aromatic rings. The molecule has 2 bridgehead atoms. The maximum Gasteiger partial charge on any atom is 0.472 e. The molecule has 1 aromatic carbocycles. The second-order valence-corrected chi connectivity index (χ2v) is 23.9. The van der Waals surface area contributed by atoms with Crippen LogP contribution in [0.25, 0.3) is 22.3 Å². The number of aromatic amines is 1. The number of aromatic nitrogens is 8. The van der Waals surface area contributed by atoms with Gasteiger partial charge in [0.05, 0.1) is 31.9 Å². The first-order valence-corrected chi connectivity index (χ1v) is 30.4. The van der Waals surface area contributed by atoms with Crippen molar-refractivity contribution in [2.24, 2.45) is 17.6 Å². The first kappa shape index (κ1) is 64.5. The van der Waals surface area contributed by atoms with Crippen LogP contribution in [0.2, 0.25) is 0 Å².